The first-order chi connectivity index (χ1) is 17.4. The van der Waals surface area contributed by atoms with E-state index in [4.69, 9.17) is 9.72 Å². The van der Waals surface area contributed by atoms with Gasteiger partial charge in [-0.25, -0.2) is 4.98 Å². The number of piperidine rings is 1. The largest absolute Gasteiger partial charge is 0.466 e. The normalized spacial score (nSPS) is 19.1. The van der Waals surface area contributed by atoms with Crippen LogP contribution in [-0.4, -0.2) is 47.0 Å². The van der Waals surface area contributed by atoms with Gasteiger partial charge in [0.25, 0.3) is 11.5 Å². The summed E-state index contributed by atoms with van der Waals surface area (Å²) in [4.78, 5) is 45.8. The molecule has 2 fully saturated rings. The second-order valence-corrected chi connectivity index (χ2v) is 9.55. The Labute approximate surface area is 210 Å². The molecule has 2 aliphatic rings. The molecule has 190 valence electrons. The molecule has 3 heterocycles. The molecule has 1 atom stereocenters. The van der Waals surface area contributed by atoms with Crippen molar-refractivity contribution in [2.24, 2.45) is 5.92 Å². The van der Waals surface area contributed by atoms with Crippen LogP contribution in [0.4, 0.5) is 5.82 Å². The minimum atomic E-state index is -0.480. The molecule has 1 N–H and O–H groups in total. The van der Waals surface area contributed by atoms with Crippen LogP contribution in [0.2, 0.25) is 0 Å². The number of carbonyl (C=O) groups is 2. The predicted octanol–water partition coefficient (Wildman–Crippen LogP) is 3.14. The molecule has 1 saturated heterocycles. The van der Waals surface area contributed by atoms with Gasteiger partial charge in [0.05, 0.1) is 18.1 Å². The van der Waals surface area contributed by atoms with Gasteiger partial charge in [-0.1, -0.05) is 25.3 Å². The van der Waals surface area contributed by atoms with Gasteiger partial charge in [-0.2, -0.15) is 5.26 Å². The third-order valence-corrected chi connectivity index (χ3v) is 7.00. The fourth-order valence-corrected chi connectivity index (χ4v) is 5.09. The maximum atomic E-state index is 13.6. The average Bonchev–Trinajstić information content (AvgIpc) is 2.89. The van der Waals surface area contributed by atoms with Crippen LogP contribution >= 0.6 is 0 Å². The number of rotatable bonds is 6. The van der Waals surface area contributed by atoms with Crippen molar-refractivity contribution in [2.75, 3.05) is 24.6 Å². The molecule has 1 saturated carbocycles. The third-order valence-electron chi connectivity index (χ3n) is 7.00. The van der Waals surface area contributed by atoms with E-state index in [9.17, 15) is 19.6 Å². The van der Waals surface area contributed by atoms with Crippen LogP contribution in [0.15, 0.2) is 28.7 Å². The summed E-state index contributed by atoms with van der Waals surface area (Å²) in [7, 11) is 0. The predicted molar refractivity (Wildman–Crippen MR) is 136 cm³/mol. The number of pyridine rings is 1. The smallest absolute Gasteiger partial charge is 0.310 e. The van der Waals surface area contributed by atoms with Gasteiger partial charge in [0.2, 0.25) is 0 Å². The lowest BCUT2D eigenvalue weighted by molar-refractivity contribution is -0.148. The highest BCUT2D eigenvalue weighted by molar-refractivity contribution is 6.02. The molecule has 0 bridgehead atoms. The maximum Gasteiger partial charge on any atom is 0.310 e. The zero-order valence-electron chi connectivity index (χ0n) is 21.0. The van der Waals surface area contributed by atoms with Crippen LogP contribution < -0.4 is 15.8 Å². The maximum absolute atomic E-state index is 13.6. The molecule has 1 aliphatic heterocycles. The molecule has 0 spiro atoms. The third kappa shape index (κ3) is 5.43. The molecule has 2 aromatic rings. The number of amides is 1. The molecule has 0 radical (unpaired) electrons. The van der Waals surface area contributed by atoms with Crippen LogP contribution in [0.1, 0.15) is 63.0 Å². The average molecular weight is 492 g/mol. The summed E-state index contributed by atoms with van der Waals surface area (Å²) in [5.74, 6) is -0.705. The van der Waals surface area contributed by atoms with Gasteiger partial charge in [0.1, 0.15) is 23.1 Å². The van der Waals surface area contributed by atoms with E-state index in [0.717, 1.165) is 44.1 Å². The summed E-state index contributed by atoms with van der Waals surface area (Å²) >= 11 is 0. The van der Waals surface area contributed by atoms with Crippen molar-refractivity contribution >= 4 is 29.4 Å². The number of anilines is 1. The summed E-state index contributed by atoms with van der Waals surface area (Å²) in [6, 6.07) is 5.65. The number of hydrogen-bond donors (Lipinski definition) is 1. The van der Waals surface area contributed by atoms with Gasteiger partial charge in [0.15, 0.2) is 0 Å². The topological polar surface area (TPSA) is 117 Å². The molecular weight excluding hydrogens is 458 g/mol. The molecule has 1 aliphatic carbocycles. The Morgan fingerprint density at radius 2 is 2.03 bits per heavy atom. The molecule has 36 heavy (non-hydrogen) atoms. The Morgan fingerprint density at radius 3 is 2.75 bits per heavy atom. The number of esters is 1. The summed E-state index contributed by atoms with van der Waals surface area (Å²) in [6.45, 7) is 4.90. The standard InChI is InChI=1S/C27H33N5O4/c1-3-36-27(35)19-10-8-13-31(17-19)24-22(26(34)32-14-7-9-18(2)23(32)30-24)15-20(16-28)25(33)29-21-11-5-4-6-12-21/h7,9,14-15,19,21H,3-6,8,10-13,17H2,1-2H3,(H,29,33)/b20-15+/t19-/m0/s1. The van der Waals surface area contributed by atoms with Gasteiger partial charge < -0.3 is 15.0 Å². The summed E-state index contributed by atoms with van der Waals surface area (Å²) in [5, 5.41) is 12.8. The van der Waals surface area contributed by atoms with E-state index in [1.807, 2.05) is 24.0 Å². The molecule has 4 rings (SSSR count). The van der Waals surface area contributed by atoms with Crippen molar-refractivity contribution in [3.05, 3.63) is 45.4 Å². The SMILES string of the molecule is CCOC(=O)[C@H]1CCCN(c2nc3c(C)cccn3c(=O)c2/C=C(\C#N)C(=O)NC2CCCCC2)C1. The van der Waals surface area contributed by atoms with Crippen LogP contribution in [0.25, 0.3) is 11.7 Å². The van der Waals surface area contributed by atoms with Crippen LogP contribution in [0.5, 0.6) is 0 Å². The van der Waals surface area contributed by atoms with Crippen molar-refractivity contribution in [1.29, 1.82) is 5.26 Å². The number of nitrogens with one attached hydrogen (secondary N) is 1. The molecule has 9 nitrogen and oxygen atoms in total. The summed E-state index contributed by atoms with van der Waals surface area (Å²) in [6.07, 6.45) is 9.43. The number of ether oxygens (including phenoxy) is 1. The first kappa shape index (κ1) is 25.4. The van der Waals surface area contributed by atoms with E-state index in [2.05, 4.69) is 5.32 Å². The Bertz CT molecular complexity index is 1270. The van der Waals surface area contributed by atoms with Crippen molar-refractivity contribution in [2.45, 2.75) is 64.8 Å². The fourth-order valence-electron chi connectivity index (χ4n) is 5.09. The van der Waals surface area contributed by atoms with Crippen LogP contribution in [0, 0.1) is 24.2 Å². The van der Waals surface area contributed by atoms with Crippen LogP contribution in [-0.2, 0) is 14.3 Å². The molecular formula is C27H33N5O4. The first-order valence-electron chi connectivity index (χ1n) is 12.8. The van der Waals surface area contributed by atoms with Gasteiger partial charge in [-0.3, -0.25) is 18.8 Å². The van der Waals surface area contributed by atoms with Gasteiger partial charge in [-0.05, 0) is 57.2 Å². The number of nitriles is 1. The Hall–Kier alpha value is -3.67. The second kappa shape index (κ2) is 11.4. The molecule has 0 aromatic carbocycles. The van der Waals surface area contributed by atoms with Gasteiger partial charge in [-0.15, -0.1) is 0 Å². The minimum Gasteiger partial charge on any atom is -0.466 e. The van der Waals surface area contributed by atoms with E-state index in [1.54, 1.807) is 19.2 Å². The van der Waals surface area contributed by atoms with E-state index in [1.165, 1.54) is 10.5 Å². The minimum absolute atomic E-state index is 0.0355. The monoisotopic (exact) mass is 491 g/mol. The number of aryl methyl sites for hydroxylation is 1. The molecule has 9 heteroatoms. The van der Waals surface area contributed by atoms with Crippen LogP contribution in [0.3, 0.4) is 0 Å². The number of fused-ring (bicyclic) bond motifs is 1. The van der Waals surface area contributed by atoms with E-state index >= 15 is 0 Å². The number of carbonyl (C=O) groups excluding carboxylic acids is 2. The number of hydrogen-bond acceptors (Lipinski definition) is 7. The van der Waals surface area contributed by atoms with Crippen molar-refractivity contribution in [3.8, 4) is 6.07 Å². The van der Waals surface area contributed by atoms with E-state index in [-0.39, 0.29) is 34.6 Å². The zero-order valence-corrected chi connectivity index (χ0v) is 21.0. The zero-order chi connectivity index (χ0) is 25.7. The van der Waals surface area contributed by atoms with Crippen molar-refractivity contribution < 1.29 is 14.3 Å². The van der Waals surface area contributed by atoms with E-state index < -0.39 is 5.91 Å². The first-order valence-corrected chi connectivity index (χ1v) is 12.8. The number of aromatic nitrogens is 2. The Balaban J connectivity index is 1.76. The highest BCUT2D eigenvalue weighted by Crippen LogP contribution is 2.27. The fraction of sp³-hybridized carbons (Fsp3) is 0.519. The van der Waals surface area contributed by atoms with Crippen molar-refractivity contribution in [3.63, 3.8) is 0 Å². The van der Waals surface area contributed by atoms with Gasteiger partial charge in [0, 0.05) is 25.3 Å². The summed E-state index contributed by atoms with van der Waals surface area (Å²) in [5.41, 5.74) is 0.986. The molecule has 1 amide bonds. The summed E-state index contributed by atoms with van der Waals surface area (Å²) < 4.78 is 6.67. The highest BCUT2D eigenvalue weighted by Gasteiger charge is 2.30. The molecule has 0 unspecified atom stereocenters. The number of nitrogens with zero attached hydrogens (tertiary/aromatic N) is 4. The Morgan fingerprint density at radius 1 is 1.25 bits per heavy atom. The lowest BCUT2D eigenvalue weighted by Gasteiger charge is -2.33. The van der Waals surface area contributed by atoms with Gasteiger partial charge >= 0.3 is 5.97 Å². The highest BCUT2D eigenvalue weighted by atomic mass is 16.5. The van der Waals surface area contributed by atoms with E-state index in [0.29, 0.717) is 37.6 Å². The molecule has 2 aromatic heterocycles. The lowest BCUT2D eigenvalue weighted by Crippen LogP contribution is -2.41. The second-order valence-electron chi connectivity index (χ2n) is 9.55. The van der Waals surface area contributed by atoms with Crippen molar-refractivity contribution in [1.82, 2.24) is 14.7 Å². The Kier molecular flexibility index (Phi) is 8.04. The lowest BCUT2D eigenvalue weighted by atomic mass is 9.95. The quantitative estimate of drug-likeness (QED) is 0.375.